The summed E-state index contributed by atoms with van der Waals surface area (Å²) in [4.78, 5) is 12.5. The Morgan fingerprint density at radius 3 is 2.27 bits per heavy atom. The molecule has 1 aromatic carbocycles. The summed E-state index contributed by atoms with van der Waals surface area (Å²) in [6.07, 6.45) is 12.0. The van der Waals surface area contributed by atoms with E-state index in [1.54, 1.807) is 0 Å². The number of hydrogen-bond acceptors (Lipinski definition) is 4. The summed E-state index contributed by atoms with van der Waals surface area (Å²) in [5.74, 6) is 1.42. The number of carbonyl (C=O) groups excluding carboxylic acids is 1. The van der Waals surface area contributed by atoms with Gasteiger partial charge in [-0.25, -0.2) is 0 Å². The van der Waals surface area contributed by atoms with Crippen molar-refractivity contribution < 1.29 is 19.4 Å². The molecule has 0 fully saturated rings. The maximum atomic E-state index is 12.5. The summed E-state index contributed by atoms with van der Waals surface area (Å²) in [5, 5.41) is 14.2. The quantitative estimate of drug-likeness (QED) is 0.358. The van der Waals surface area contributed by atoms with Crippen LogP contribution in [0, 0.1) is 0 Å². The van der Waals surface area contributed by atoms with E-state index in [9.17, 15) is 9.90 Å². The zero-order chi connectivity index (χ0) is 21.6. The third-order valence-corrected chi connectivity index (χ3v) is 5.76. The summed E-state index contributed by atoms with van der Waals surface area (Å²) in [6, 6.07) is 5.29. The maximum absolute atomic E-state index is 12.5. The lowest BCUT2D eigenvalue weighted by Crippen LogP contribution is -2.39. The molecule has 5 nitrogen and oxygen atoms in total. The summed E-state index contributed by atoms with van der Waals surface area (Å²) < 4.78 is 11.2. The van der Waals surface area contributed by atoms with E-state index in [0.29, 0.717) is 31.1 Å². The molecule has 1 aromatic rings. The topological polar surface area (TPSA) is 67.8 Å². The molecule has 2 atom stereocenters. The number of ether oxygens (including phenoxy) is 2. The smallest absolute Gasteiger partial charge is 0.220 e. The van der Waals surface area contributed by atoms with E-state index in [0.717, 1.165) is 37.7 Å². The Bertz CT molecular complexity index is 619. The van der Waals surface area contributed by atoms with E-state index in [4.69, 9.17) is 9.47 Å². The van der Waals surface area contributed by atoms with Crippen LogP contribution in [0.3, 0.4) is 0 Å². The molecule has 0 aromatic heterocycles. The number of nitrogens with one attached hydrogen (secondary N) is 1. The predicted molar refractivity (Wildman–Crippen MR) is 121 cm³/mol. The molecule has 170 valence electrons. The standard InChI is InChI=1S/C25H41NO4/c1-3-5-7-9-11-13-21(26-24(27)14-12-10-8-6-4-2)25(28)20-15-16-22-23(19-20)30-18-17-29-22/h15-16,19,21,25,28H,3-14,17-18H2,1-2H3,(H,26,27)/t21?,25-/m0/s1. The first-order chi connectivity index (χ1) is 14.7. The largest absolute Gasteiger partial charge is 0.486 e. The van der Waals surface area contributed by atoms with Crippen LogP contribution in [-0.2, 0) is 4.79 Å². The van der Waals surface area contributed by atoms with Crippen LogP contribution in [0.1, 0.15) is 103 Å². The van der Waals surface area contributed by atoms with Crippen LogP contribution in [0.4, 0.5) is 0 Å². The number of benzene rings is 1. The second kappa shape index (κ2) is 14.3. The molecule has 1 amide bonds. The van der Waals surface area contributed by atoms with Crippen molar-refractivity contribution in [3.05, 3.63) is 23.8 Å². The lowest BCUT2D eigenvalue weighted by Gasteiger charge is -2.26. The summed E-state index contributed by atoms with van der Waals surface area (Å²) in [7, 11) is 0. The highest BCUT2D eigenvalue weighted by molar-refractivity contribution is 5.76. The molecular formula is C25H41NO4. The Morgan fingerprint density at radius 2 is 1.57 bits per heavy atom. The highest BCUT2D eigenvalue weighted by Crippen LogP contribution is 2.34. The summed E-state index contributed by atoms with van der Waals surface area (Å²) in [6.45, 7) is 5.46. The average Bonchev–Trinajstić information content (AvgIpc) is 2.77. The molecule has 0 saturated heterocycles. The van der Waals surface area contributed by atoms with Gasteiger partial charge in [0.05, 0.1) is 12.1 Å². The van der Waals surface area contributed by atoms with Gasteiger partial charge in [-0.05, 0) is 30.5 Å². The first kappa shape index (κ1) is 24.5. The van der Waals surface area contributed by atoms with Crippen LogP contribution in [-0.4, -0.2) is 30.3 Å². The van der Waals surface area contributed by atoms with Gasteiger partial charge in [0, 0.05) is 6.42 Å². The van der Waals surface area contributed by atoms with Crippen LogP contribution in [0.15, 0.2) is 18.2 Å². The minimum absolute atomic E-state index is 0.0432. The highest BCUT2D eigenvalue weighted by Gasteiger charge is 2.24. The van der Waals surface area contributed by atoms with Gasteiger partial charge >= 0.3 is 0 Å². The normalized spacial score (nSPS) is 14.9. The first-order valence-electron chi connectivity index (χ1n) is 12.0. The van der Waals surface area contributed by atoms with Crippen LogP contribution in [0.5, 0.6) is 11.5 Å². The van der Waals surface area contributed by atoms with Gasteiger partial charge in [-0.3, -0.25) is 4.79 Å². The van der Waals surface area contributed by atoms with E-state index >= 15 is 0 Å². The number of carbonyl (C=O) groups is 1. The van der Waals surface area contributed by atoms with Gasteiger partial charge in [-0.15, -0.1) is 0 Å². The molecule has 30 heavy (non-hydrogen) atoms. The second-order valence-electron chi connectivity index (χ2n) is 8.39. The minimum Gasteiger partial charge on any atom is -0.486 e. The second-order valence-corrected chi connectivity index (χ2v) is 8.39. The maximum Gasteiger partial charge on any atom is 0.220 e. The molecule has 1 aliphatic rings. The average molecular weight is 420 g/mol. The fourth-order valence-electron chi connectivity index (χ4n) is 3.92. The van der Waals surface area contributed by atoms with Crippen molar-refractivity contribution >= 4 is 5.91 Å². The van der Waals surface area contributed by atoms with Crippen molar-refractivity contribution in [1.29, 1.82) is 0 Å². The van der Waals surface area contributed by atoms with Gasteiger partial charge in [0.1, 0.15) is 13.2 Å². The third kappa shape index (κ3) is 8.55. The Morgan fingerprint density at radius 1 is 0.933 bits per heavy atom. The Hall–Kier alpha value is -1.75. The Kier molecular flexibility index (Phi) is 11.7. The monoisotopic (exact) mass is 419 g/mol. The zero-order valence-corrected chi connectivity index (χ0v) is 19.0. The number of unbranched alkanes of at least 4 members (excludes halogenated alkanes) is 8. The van der Waals surface area contributed by atoms with E-state index in [1.807, 2.05) is 18.2 Å². The molecule has 1 aliphatic heterocycles. The van der Waals surface area contributed by atoms with Crippen LogP contribution in [0.25, 0.3) is 0 Å². The van der Waals surface area contributed by atoms with Crippen molar-refractivity contribution in [1.82, 2.24) is 5.32 Å². The molecule has 0 aliphatic carbocycles. The molecule has 0 radical (unpaired) electrons. The summed E-state index contributed by atoms with van der Waals surface area (Å²) >= 11 is 0. The molecule has 0 saturated carbocycles. The fourth-order valence-corrected chi connectivity index (χ4v) is 3.92. The molecular weight excluding hydrogens is 378 g/mol. The molecule has 1 heterocycles. The highest BCUT2D eigenvalue weighted by atomic mass is 16.6. The van der Waals surface area contributed by atoms with Gasteiger partial charge < -0.3 is 19.9 Å². The van der Waals surface area contributed by atoms with Crippen molar-refractivity contribution in [2.45, 2.75) is 103 Å². The van der Waals surface area contributed by atoms with Crippen molar-refractivity contribution in [2.24, 2.45) is 0 Å². The van der Waals surface area contributed by atoms with Crippen molar-refractivity contribution in [3.8, 4) is 11.5 Å². The molecule has 2 N–H and O–H groups in total. The van der Waals surface area contributed by atoms with Crippen molar-refractivity contribution in [2.75, 3.05) is 13.2 Å². The number of amides is 1. The van der Waals surface area contributed by atoms with E-state index in [-0.39, 0.29) is 11.9 Å². The molecule has 5 heteroatoms. The number of rotatable bonds is 15. The van der Waals surface area contributed by atoms with Gasteiger partial charge in [0.25, 0.3) is 0 Å². The molecule has 1 unspecified atom stereocenters. The third-order valence-electron chi connectivity index (χ3n) is 5.76. The van der Waals surface area contributed by atoms with Gasteiger partial charge in [0.15, 0.2) is 11.5 Å². The minimum atomic E-state index is -0.754. The summed E-state index contributed by atoms with van der Waals surface area (Å²) in [5.41, 5.74) is 0.765. The lowest BCUT2D eigenvalue weighted by molar-refractivity contribution is -0.122. The number of aliphatic hydroxyl groups is 1. The molecule has 2 rings (SSSR count). The molecule has 0 spiro atoms. The van der Waals surface area contributed by atoms with E-state index in [2.05, 4.69) is 19.2 Å². The van der Waals surface area contributed by atoms with Crippen LogP contribution >= 0.6 is 0 Å². The Labute approximate surface area is 182 Å². The van der Waals surface area contributed by atoms with Crippen LogP contribution in [0.2, 0.25) is 0 Å². The van der Waals surface area contributed by atoms with Gasteiger partial charge in [-0.2, -0.15) is 0 Å². The number of hydrogen-bond donors (Lipinski definition) is 2. The first-order valence-corrected chi connectivity index (χ1v) is 12.0. The number of aliphatic hydroxyl groups excluding tert-OH is 1. The SMILES string of the molecule is CCCCCCCC(=O)NC(CCCCCCC)[C@@H](O)c1ccc2c(c1)OCCO2. The van der Waals surface area contributed by atoms with Crippen LogP contribution < -0.4 is 14.8 Å². The van der Waals surface area contributed by atoms with E-state index in [1.165, 1.54) is 38.5 Å². The predicted octanol–water partition coefficient (Wildman–Crippen LogP) is 5.70. The van der Waals surface area contributed by atoms with E-state index < -0.39 is 6.10 Å². The van der Waals surface area contributed by atoms with Gasteiger partial charge in [0.2, 0.25) is 5.91 Å². The lowest BCUT2D eigenvalue weighted by atomic mass is 9.96. The Balaban J connectivity index is 1.94. The molecule has 0 bridgehead atoms. The van der Waals surface area contributed by atoms with Gasteiger partial charge in [-0.1, -0.05) is 77.7 Å². The van der Waals surface area contributed by atoms with Crippen molar-refractivity contribution in [3.63, 3.8) is 0 Å². The fraction of sp³-hybridized carbons (Fsp3) is 0.720. The zero-order valence-electron chi connectivity index (χ0n) is 19.0. The number of fused-ring (bicyclic) bond motifs is 1.